The minimum Gasteiger partial charge on any atom is -0.322 e. The molecular formula is C14H17N6O2+. The largest absolute Gasteiger partial charge is 0.354 e. The van der Waals surface area contributed by atoms with E-state index in [0.717, 1.165) is 11.4 Å². The van der Waals surface area contributed by atoms with Gasteiger partial charge in [0.2, 0.25) is 0 Å². The Kier molecular flexibility index (Phi) is 4.31. The molecule has 0 aliphatic carbocycles. The molecule has 4 N–H and O–H groups in total. The second kappa shape index (κ2) is 6.17. The second-order valence-electron chi connectivity index (χ2n) is 4.89. The number of aryl methyl sites for hydroxylation is 3. The van der Waals surface area contributed by atoms with Gasteiger partial charge in [0.1, 0.15) is 0 Å². The van der Waals surface area contributed by atoms with Crippen molar-refractivity contribution in [1.82, 2.24) is 9.97 Å². The van der Waals surface area contributed by atoms with Gasteiger partial charge in [0, 0.05) is 18.2 Å². The van der Waals surface area contributed by atoms with Crippen molar-refractivity contribution in [3.8, 4) is 0 Å². The van der Waals surface area contributed by atoms with Crippen LogP contribution in [0, 0.1) is 30.9 Å². The minimum atomic E-state index is -0.439. The Morgan fingerprint density at radius 3 is 2.41 bits per heavy atom. The van der Waals surface area contributed by atoms with Gasteiger partial charge in [-0.25, -0.2) is 4.99 Å². The first-order chi connectivity index (χ1) is 10.3. The SMILES string of the molecule is Cc1cc(C)nc([NH+]=C(N)Nc2ccc([N+](=O)[O-])cc2C)n1. The van der Waals surface area contributed by atoms with Gasteiger partial charge in [0.15, 0.2) is 0 Å². The number of nitro benzene ring substituents is 1. The molecule has 8 heteroatoms. The van der Waals surface area contributed by atoms with Crippen LogP contribution >= 0.6 is 0 Å². The van der Waals surface area contributed by atoms with Gasteiger partial charge in [-0.3, -0.25) is 15.4 Å². The maximum Gasteiger partial charge on any atom is 0.354 e. The number of aromatic nitrogens is 2. The topological polar surface area (TPSA) is 121 Å². The molecule has 0 saturated heterocycles. The lowest BCUT2D eigenvalue weighted by atomic mass is 10.2. The second-order valence-corrected chi connectivity index (χ2v) is 4.89. The monoisotopic (exact) mass is 301 g/mol. The zero-order valence-corrected chi connectivity index (χ0v) is 12.5. The molecule has 0 radical (unpaired) electrons. The summed E-state index contributed by atoms with van der Waals surface area (Å²) in [5.41, 5.74) is 8.95. The van der Waals surface area contributed by atoms with Gasteiger partial charge in [0.25, 0.3) is 11.6 Å². The standard InChI is InChI=1S/C14H16N6O2/c1-8-6-11(20(21)22)4-5-12(8)18-13(15)19-14-16-9(2)7-10(3)17-14/h4-7H,1-3H3,(H3,15,16,17,18,19)/p+1. The number of rotatable bonds is 3. The lowest BCUT2D eigenvalue weighted by Gasteiger charge is -2.05. The van der Waals surface area contributed by atoms with Crippen LogP contribution in [-0.4, -0.2) is 20.9 Å². The number of nitrogens with one attached hydrogen (secondary N) is 2. The summed E-state index contributed by atoms with van der Waals surface area (Å²) >= 11 is 0. The number of benzene rings is 1. The average molecular weight is 301 g/mol. The van der Waals surface area contributed by atoms with E-state index in [1.807, 2.05) is 19.9 Å². The summed E-state index contributed by atoms with van der Waals surface area (Å²) in [6, 6.07) is 6.35. The fourth-order valence-corrected chi connectivity index (χ4v) is 1.98. The fraction of sp³-hybridized carbons (Fsp3) is 0.214. The maximum absolute atomic E-state index is 10.7. The normalized spacial score (nSPS) is 11.3. The molecule has 0 bridgehead atoms. The van der Waals surface area contributed by atoms with Crippen molar-refractivity contribution in [1.29, 1.82) is 0 Å². The molecule has 2 aromatic rings. The predicted octanol–water partition coefficient (Wildman–Crippen LogP) is 0.449. The highest BCUT2D eigenvalue weighted by Crippen LogP contribution is 2.20. The Balaban J connectivity index is 2.22. The number of hydrogen-bond donors (Lipinski definition) is 3. The Bertz CT molecular complexity index is 737. The van der Waals surface area contributed by atoms with Crippen molar-refractivity contribution in [2.24, 2.45) is 5.73 Å². The number of nitrogens with two attached hydrogens (primary N) is 1. The Morgan fingerprint density at radius 1 is 1.23 bits per heavy atom. The quantitative estimate of drug-likeness (QED) is 0.327. The molecule has 0 fully saturated rings. The Hall–Kier alpha value is -3.03. The molecule has 0 aliphatic heterocycles. The molecule has 1 aromatic heterocycles. The predicted molar refractivity (Wildman–Crippen MR) is 82.8 cm³/mol. The molecule has 0 spiro atoms. The zero-order valence-electron chi connectivity index (χ0n) is 12.5. The molecule has 22 heavy (non-hydrogen) atoms. The van der Waals surface area contributed by atoms with Crippen LogP contribution in [0.5, 0.6) is 0 Å². The van der Waals surface area contributed by atoms with E-state index in [4.69, 9.17) is 5.73 Å². The van der Waals surface area contributed by atoms with Gasteiger partial charge in [-0.05, 0) is 32.4 Å². The summed E-state index contributed by atoms with van der Waals surface area (Å²) in [7, 11) is 0. The molecular weight excluding hydrogens is 284 g/mol. The molecule has 1 aromatic carbocycles. The first-order valence-corrected chi connectivity index (χ1v) is 6.59. The lowest BCUT2D eigenvalue weighted by molar-refractivity contribution is -0.384. The van der Waals surface area contributed by atoms with E-state index in [-0.39, 0.29) is 11.6 Å². The van der Waals surface area contributed by atoms with Crippen molar-refractivity contribution < 1.29 is 9.92 Å². The number of non-ortho nitro benzene ring substituents is 1. The minimum absolute atomic E-state index is 0.0345. The smallest absolute Gasteiger partial charge is 0.322 e. The molecule has 0 unspecified atom stereocenters. The van der Waals surface area contributed by atoms with Gasteiger partial charge in [-0.1, -0.05) is 0 Å². The van der Waals surface area contributed by atoms with Crippen molar-refractivity contribution in [2.45, 2.75) is 20.8 Å². The summed E-state index contributed by atoms with van der Waals surface area (Å²) in [5.74, 6) is 0.629. The number of hydrogen-bond acceptors (Lipinski definition) is 4. The molecule has 0 atom stereocenters. The van der Waals surface area contributed by atoms with Crippen LogP contribution in [0.2, 0.25) is 0 Å². The van der Waals surface area contributed by atoms with E-state index in [1.54, 1.807) is 13.0 Å². The third-order valence-electron chi connectivity index (χ3n) is 2.92. The molecule has 1 heterocycles. The van der Waals surface area contributed by atoms with E-state index in [9.17, 15) is 10.1 Å². The summed E-state index contributed by atoms with van der Waals surface area (Å²) in [5, 5.41) is 13.7. The highest BCUT2D eigenvalue weighted by molar-refractivity contribution is 5.89. The van der Waals surface area contributed by atoms with Crippen molar-refractivity contribution >= 4 is 23.3 Å². The van der Waals surface area contributed by atoms with Gasteiger partial charge >= 0.3 is 5.95 Å². The van der Waals surface area contributed by atoms with Gasteiger partial charge in [-0.2, -0.15) is 0 Å². The van der Waals surface area contributed by atoms with Crippen molar-refractivity contribution in [3.63, 3.8) is 0 Å². The van der Waals surface area contributed by atoms with E-state index < -0.39 is 4.92 Å². The number of nitrogens with zero attached hydrogens (tertiary/aromatic N) is 3. The summed E-state index contributed by atoms with van der Waals surface area (Å²) in [6.07, 6.45) is 0. The van der Waals surface area contributed by atoms with Crippen LogP contribution in [0.25, 0.3) is 0 Å². The van der Waals surface area contributed by atoms with E-state index in [1.165, 1.54) is 12.1 Å². The lowest BCUT2D eigenvalue weighted by Crippen LogP contribution is -2.72. The first-order valence-electron chi connectivity index (χ1n) is 6.59. The molecule has 0 saturated carbocycles. The first kappa shape index (κ1) is 15.4. The average Bonchev–Trinajstić information content (AvgIpc) is 2.39. The fourth-order valence-electron chi connectivity index (χ4n) is 1.98. The van der Waals surface area contributed by atoms with Gasteiger partial charge in [-0.15, -0.1) is 9.97 Å². The zero-order chi connectivity index (χ0) is 16.3. The number of guanidine groups is 1. The molecule has 114 valence electrons. The van der Waals surface area contributed by atoms with Crippen LogP contribution in [0.3, 0.4) is 0 Å². The number of nitro groups is 1. The summed E-state index contributed by atoms with van der Waals surface area (Å²) in [6.45, 7) is 5.49. The molecule has 0 aliphatic rings. The van der Waals surface area contributed by atoms with Crippen LogP contribution in [-0.2, 0) is 0 Å². The van der Waals surface area contributed by atoms with E-state index >= 15 is 0 Å². The van der Waals surface area contributed by atoms with Crippen LogP contribution < -0.4 is 16.0 Å². The van der Waals surface area contributed by atoms with Gasteiger partial charge < -0.3 is 5.73 Å². The van der Waals surface area contributed by atoms with E-state index in [2.05, 4.69) is 20.3 Å². The number of anilines is 1. The van der Waals surface area contributed by atoms with Crippen LogP contribution in [0.4, 0.5) is 17.3 Å². The third kappa shape index (κ3) is 3.75. The van der Waals surface area contributed by atoms with Crippen molar-refractivity contribution in [2.75, 3.05) is 5.32 Å². The van der Waals surface area contributed by atoms with Crippen LogP contribution in [0.1, 0.15) is 17.0 Å². The highest BCUT2D eigenvalue weighted by Gasteiger charge is 2.11. The molecule has 2 rings (SSSR count). The highest BCUT2D eigenvalue weighted by atomic mass is 16.6. The van der Waals surface area contributed by atoms with Crippen molar-refractivity contribution in [3.05, 3.63) is 51.3 Å². The maximum atomic E-state index is 10.7. The summed E-state index contributed by atoms with van der Waals surface area (Å²) in [4.78, 5) is 21.6. The Morgan fingerprint density at radius 2 is 1.86 bits per heavy atom. The van der Waals surface area contributed by atoms with E-state index in [0.29, 0.717) is 17.2 Å². The molecule has 8 nitrogen and oxygen atoms in total. The van der Waals surface area contributed by atoms with Crippen LogP contribution in [0.15, 0.2) is 24.3 Å². The Labute approximate surface area is 127 Å². The third-order valence-corrected chi connectivity index (χ3v) is 2.92. The molecule has 0 amide bonds. The van der Waals surface area contributed by atoms with Gasteiger partial charge in [0.05, 0.1) is 22.0 Å². The summed E-state index contributed by atoms with van der Waals surface area (Å²) < 4.78 is 0.